The van der Waals surface area contributed by atoms with Crippen molar-refractivity contribution < 1.29 is 4.74 Å². The van der Waals surface area contributed by atoms with Crippen molar-refractivity contribution >= 4 is 0 Å². The minimum atomic E-state index is 0.198. The standard InChI is InChI=1S/C14H19NO/c1-2-3-4-8-13(15)12-10-16-14-9-6-5-7-11(12)14/h2,5-7,9,12-13H,1,3-4,8,10,15H2. The van der Waals surface area contributed by atoms with Crippen molar-refractivity contribution in [1.29, 1.82) is 0 Å². The molecule has 1 heterocycles. The Morgan fingerprint density at radius 1 is 1.50 bits per heavy atom. The van der Waals surface area contributed by atoms with E-state index in [1.807, 2.05) is 18.2 Å². The number of allylic oxidation sites excluding steroid dienone is 1. The number of para-hydroxylation sites is 1. The van der Waals surface area contributed by atoms with Crippen molar-refractivity contribution in [2.75, 3.05) is 6.61 Å². The molecule has 2 N–H and O–H groups in total. The van der Waals surface area contributed by atoms with Gasteiger partial charge in [-0.3, -0.25) is 0 Å². The lowest BCUT2D eigenvalue weighted by atomic mass is 9.91. The highest BCUT2D eigenvalue weighted by Gasteiger charge is 2.28. The number of fused-ring (bicyclic) bond motifs is 1. The van der Waals surface area contributed by atoms with E-state index >= 15 is 0 Å². The minimum absolute atomic E-state index is 0.198. The van der Waals surface area contributed by atoms with Crippen LogP contribution >= 0.6 is 0 Å². The molecule has 2 heteroatoms. The number of hydrogen-bond donors (Lipinski definition) is 1. The summed E-state index contributed by atoms with van der Waals surface area (Å²) in [5.41, 5.74) is 7.49. The molecule has 2 nitrogen and oxygen atoms in total. The molecule has 0 aromatic heterocycles. The summed E-state index contributed by atoms with van der Waals surface area (Å²) >= 11 is 0. The average molecular weight is 217 g/mol. The molecule has 0 saturated heterocycles. The van der Waals surface area contributed by atoms with Crippen molar-refractivity contribution in [3.8, 4) is 5.75 Å². The van der Waals surface area contributed by atoms with Gasteiger partial charge >= 0.3 is 0 Å². The molecule has 1 aliphatic rings. The number of hydrogen-bond acceptors (Lipinski definition) is 2. The van der Waals surface area contributed by atoms with Crippen LogP contribution in [0.25, 0.3) is 0 Å². The van der Waals surface area contributed by atoms with Gasteiger partial charge in [0.05, 0.1) is 6.61 Å². The zero-order valence-corrected chi connectivity index (χ0v) is 9.56. The molecule has 86 valence electrons. The van der Waals surface area contributed by atoms with E-state index < -0.39 is 0 Å². The van der Waals surface area contributed by atoms with E-state index in [9.17, 15) is 0 Å². The highest BCUT2D eigenvalue weighted by Crippen LogP contribution is 2.35. The van der Waals surface area contributed by atoms with E-state index in [1.54, 1.807) is 0 Å². The highest BCUT2D eigenvalue weighted by molar-refractivity contribution is 5.40. The zero-order chi connectivity index (χ0) is 11.4. The van der Waals surface area contributed by atoms with Crippen LogP contribution in [0.1, 0.15) is 30.7 Å². The summed E-state index contributed by atoms with van der Waals surface area (Å²) in [5.74, 6) is 1.37. The lowest BCUT2D eigenvalue weighted by Gasteiger charge is -2.17. The van der Waals surface area contributed by atoms with Gasteiger partial charge in [-0.25, -0.2) is 0 Å². The Kier molecular flexibility index (Phi) is 3.62. The molecule has 2 rings (SSSR count). The van der Waals surface area contributed by atoms with Gasteiger partial charge in [-0.15, -0.1) is 6.58 Å². The first kappa shape index (κ1) is 11.2. The summed E-state index contributed by atoms with van der Waals surface area (Å²) in [7, 11) is 0. The molecule has 1 aliphatic heterocycles. The Balaban J connectivity index is 1.98. The first-order valence-corrected chi connectivity index (χ1v) is 5.91. The second-order valence-electron chi connectivity index (χ2n) is 4.34. The Morgan fingerprint density at radius 2 is 2.31 bits per heavy atom. The van der Waals surface area contributed by atoms with Crippen molar-refractivity contribution in [1.82, 2.24) is 0 Å². The van der Waals surface area contributed by atoms with Gasteiger partial charge < -0.3 is 10.5 Å². The maximum absolute atomic E-state index is 6.22. The Bertz CT molecular complexity index is 362. The molecule has 1 aromatic rings. The second kappa shape index (κ2) is 5.17. The van der Waals surface area contributed by atoms with Crippen LogP contribution in [-0.4, -0.2) is 12.6 Å². The molecule has 1 aromatic carbocycles. The van der Waals surface area contributed by atoms with Crippen LogP contribution in [-0.2, 0) is 0 Å². The van der Waals surface area contributed by atoms with E-state index in [-0.39, 0.29) is 6.04 Å². The van der Waals surface area contributed by atoms with E-state index in [2.05, 4.69) is 18.7 Å². The number of rotatable bonds is 5. The summed E-state index contributed by atoms with van der Waals surface area (Å²) in [6.45, 7) is 4.46. The van der Waals surface area contributed by atoms with Crippen LogP contribution in [0.4, 0.5) is 0 Å². The fourth-order valence-electron chi connectivity index (χ4n) is 2.24. The van der Waals surface area contributed by atoms with Gasteiger partial charge in [-0.05, 0) is 25.3 Å². The van der Waals surface area contributed by atoms with Crippen molar-refractivity contribution in [2.45, 2.75) is 31.2 Å². The van der Waals surface area contributed by atoms with Crippen molar-refractivity contribution in [3.63, 3.8) is 0 Å². The molecular weight excluding hydrogens is 198 g/mol. The molecule has 0 saturated carbocycles. The molecule has 0 aliphatic carbocycles. The molecule has 0 spiro atoms. The summed E-state index contributed by atoms with van der Waals surface area (Å²) in [5, 5.41) is 0. The Labute approximate surface area is 97.1 Å². The zero-order valence-electron chi connectivity index (χ0n) is 9.56. The fraction of sp³-hybridized carbons (Fsp3) is 0.429. The van der Waals surface area contributed by atoms with E-state index in [4.69, 9.17) is 10.5 Å². The van der Waals surface area contributed by atoms with E-state index in [0.717, 1.165) is 31.6 Å². The highest BCUT2D eigenvalue weighted by atomic mass is 16.5. The predicted molar refractivity (Wildman–Crippen MR) is 66.7 cm³/mol. The second-order valence-corrected chi connectivity index (χ2v) is 4.34. The molecule has 0 bridgehead atoms. The Hall–Kier alpha value is -1.28. The fourth-order valence-corrected chi connectivity index (χ4v) is 2.24. The van der Waals surface area contributed by atoms with Crippen LogP contribution in [0, 0.1) is 0 Å². The summed E-state index contributed by atoms with van der Waals surface area (Å²) in [4.78, 5) is 0. The van der Waals surface area contributed by atoms with Crippen molar-refractivity contribution in [3.05, 3.63) is 42.5 Å². The molecule has 2 unspecified atom stereocenters. The van der Waals surface area contributed by atoms with Crippen molar-refractivity contribution in [2.24, 2.45) is 5.73 Å². The number of ether oxygens (including phenoxy) is 1. The SMILES string of the molecule is C=CCCCC(N)C1COc2ccccc21. The third-order valence-electron chi connectivity index (χ3n) is 3.20. The smallest absolute Gasteiger partial charge is 0.122 e. The topological polar surface area (TPSA) is 35.2 Å². The van der Waals surface area contributed by atoms with Crippen LogP contribution in [0.15, 0.2) is 36.9 Å². The van der Waals surface area contributed by atoms with E-state index in [0.29, 0.717) is 5.92 Å². The maximum Gasteiger partial charge on any atom is 0.122 e. The quantitative estimate of drug-likeness (QED) is 0.608. The molecule has 16 heavy (non-hydrogen) atoms. The third-order valence-corrected chi connectivity index (χ3v) is 3.20. The first-order valence-electron chi connectivity index (χ1n) is 5.91. The van der Waals surface area contributed by atoms with Crippen LogP contribution in [0.5, 0.6) is 5.75 Å². The van der Waals surface area contributed by atoms with Crippen LogP contribution in [0.3, 0.4) is 0 Å². The monoisotopic (exact) mass is 217 g/mol. The lowest BCUT2D eigenvalue weighted by molar-refractivity contribution is 0.309. The van der Waals surface area contributed by atoms with Gasteiger partial charge in [0.15, 0.2) is 0 Å². The average Bonchev–Trinajstić information content (AvgIpc) is 2.73. The Morgan fingerprint density at radius 3 is 3.12 bits per heavy atom. The van der Waals surface area contributed by atoms with Gasteiger partial charge in [-0.2, -0.15) is 0 Å². The minimum Gasteiger partial charge on any atom is -0.493 e. The van der Waals surface area contributed by atoms with Gasteiger partial charge in [0.1, 0.15) is 5.75 Å². The van der Waals surface area contributed by atoms with Crippen LogP contribution < -0.4 is 10.5 Å². The largest absolute Gasteiger partial charge is 0.493 e. The molecule has 0 fully saturated rings. The summed E-state index contributed by atoms with van der Waals surface area (Å²) in [6, 6.07) is 8.40. The molecule has 0 radical (unpaired) electrons. The van der Waals surface area contributed by atoms with E-state index in [1.165, 1.54) is 5.56 Å². The number of unbranched alkanes of at least 4 members (excludes halogenated alkanes) is 1. The number of benzene rings is 1. The lowest BCUT2D eigenvalue weighted by Crippen LogP contribution is -2.29. The molecular formula is C14H19NO. The predicted octanol–water partition coefficient (Wildman–Crippen LogP) is 2.85. The number of nitrogens with two attached hydrogens (primary N) is 1. The first-order chi connectivity index (χ1) is 7.83. The van der Waals surface area contributed by atoms with Gasteiger partial charge in [0.2, 0.25) is 0 Å². The molecule has 2 atom stereocenters. The summed E-state index contributed by atoms with van der Waals surface area (Å²) < 4.78 is 5.64. The third kappa shape index (κ3) is 2.27. The molecule has 0 amide bonds. The van der Waals surface area contributed by atoms with Gasteiger partial charge in [0.25, 0.3) is 0 Å². The normalized spacial score (nSPS) is 19.9. The van der Waals surface area contributed by atoms with Gasteiger partial charge in [0, 0.05) is 17.5 Å². The van der Waals surface area contributed by atoms with Crippen LogP contribution in [0.2, 0.25) is 0 Å². The maximum atomic E-state index is 6.22. The summed E-state index contributed by atoms with van der Waals surface area (Å²) in [6.07, 6.45) is 5.15. The van der Waals surface area contributed by atoms with Gasteiger partial charge in [-0.1, -0.05) is 24.3 Å².